The zero-order chi connectivity index (χ0) is 20.7. The lowest BCUT2D eigenvalue weighted by Crippen LogP contribution is -2.27. The summed E-state index contributed by atoms with van der Waals surface area (Å²) in [6, 6.07) is 12.8. The molecule has 0 aliphatic heterocycles. The van der Waals surface area contributed by atoms with Crippen molar-refractivity contribution in [3.63, 3.8) is 0 Å². The van der Waals surface area contributed by atoms with Gasteiger partial charge in [-0.1, -0.05) is 18.2 Å². The lowest BCUT2D eigenvalue weighted by atomic mass is 10.1. The third-order valence-electron chi connectivity index (χ3n) is 3.47. The van der Waals surface area contributed by atoms with Gasteiger partial charge in [-0.15, -0.1) is 0 Å². The highest BCUT2D eigenvalue weighted by molar-refractivity contribution is 6.00. The number of anilines is 1. The molecule has 1 amide bonds. The summed E-state index contributed by atoms with van der Waals surface area (Å²) in [6.07, 6.45) is -0.633. The van der Waals surface area contributed by atoms with Crippen molar-refractivity contribution < 1.29 is 28.6 Å². The Bertz CT molecular complexity index is 869. The van der Waals surface area contributed by atoms with Crippen molar-refractivity contribution in [2.24, 2.45) is 0 Å². The molecule has 0 heterocycles. The summed E-state index contributed by atoms with van der Waals surface area (Å²) in [5.41, 5.74) is 0.323. The number of ether oxygens (including phenoxy) is 3. The van der Waals surface area contributed by atoms with Gasteiger partial charge in [0.05, 0.1) is 12.7 Å². The summed E-state index contributed by atoms with van der Waals surface area (Å²) < 4.78 is 15.3. The van der Waals surface area contributed by atoms with Gasteiger partial charge in [0.25, 0.3) is 0 Å². The minimum atomic E-state index is -0.677. The molecule has 1 N–H and O–H groups in total. The summed E-state index contributed by atoms with van der Waals surface area (Å²) >= 11 is 0. The molecule has 0 unspecified atom stereocenters. The van der Waals surface area contributed by atoms with Gasteiger partial charge >= 0.3 is 12.1 Å². The number of ketones is 1. The van der Waals surface area contributed by atoms with E-state index in [0.717, 1.165) is 0 Å². The van der Waals surface area contributed by atoms with E-state index in [4.69, 9.17) is 14.2 Å². The number of hydrogen-bond acceptors (Lipinski definition) is 6. The quantitative estimate of drug-likeness (QED) is 0.595. The predicted molar refractivity (Wildman–Crippen MR) is 104 cm³/mol. The average Bonchev–Trinajstić information content (AvgIpc) is 2.64. The van der Waals surface area contributed by atoms with Crippen LogP contribution >= 0.6 is 0 Å². The smallest absolute Gasteiger partial charge is 0.412 e. The third-order valence-corrected chi connectivity index (χ3v) is 3.47. The van der Waals surface area contributed by atoms with Crippen LogP contribution in [0, 0.1) is 0 Å². The molecule has 28 heavy (non-hydrogen) atoms. The summed E-state index contributed by atoms with van der Waals surface area (Å²) in [4.78, 5) is 36.2. The summed E-state index contributed by atoms with van der Waals surface area (Å²) in [5, 5.41) is 2.55. The van der Waals surface area contributed by atoms with Crippen LogP contribution in [-0.2, 0) is 9.47 Å². The van der Waals surface area contributed by atoms with Crippen molar-refractivity contribution in [3.8, 4) is 5.75 Å². The first-order valence-corrected chi connectivity index (χ1v) is 8.62. The molecule has 0 saturated heterocycles. The van der Waals surface area contributed by atoms with E-state index in [1.165, 1.54) is 19.2 Å². The number of amides is 1. The maximum absolute atomic E-state index is 12.2. The zero-order valence-electron chi connectivity index (χ0n) is 16.3. The summed E-state index contributed by atoms with van der Waals surface area (Å²) in [5.74, 6) is -0.488. The van der Waals surface area contributed by atoms with Gasteiger partial charge in [0.1, 0.15) is 11.4 Å². The molecular weight excluding hydrogens is 362 g/mol. The maximum Gasteiger partial charge on any atom is 0.412 e. The number of carbonyl (C=O) groups is 3. The molecule has 0 bridgehead atoms. The number of Topliss-reactive ketones (excluding diaryl/α,β-unsaturated/α-hetero) is 1. The van der Waals surface area contributed by atoms with Crippen molar-refractivity contribution in [2.45, 2.75) is 26.4 Å². The van der Waals surface area contributed by atoms with E-state index in [0.29, 0.717) is 17.0 Å². The molecule has 2 aromatic carbocycles. The van der Waals surface area contributed by atoms with Crippen molar-refractivity contribution in [1.29, 1.82) is 0 Å². The monoisotopic (exact) mass is 385 g/mol. The van der Waals surface area contributed by atoms with Crippen LogP contribution < -0.4 is 10.1 Å². The Kier molecular flexibility index (Phi) is 6.76. The van der Waals surface area contributed by atoms with Crippen LogP contribution in [0.3, 0.4) is 0 Å². The van der Waals surface area contributed by atoms with E-state index in [1.54, 1.807) is 57.2 Å². The number of nitrogens with one attached hydrogen (secondary N) is 1. The van der Waals surface area contributed by atoms with Gasteiger partial charge in [-0.3, -0.25) is 10.1 Å². The van der Waals surface area contributed by atoms with Crippen molar-refractivity contribution >= 4 is 23.5 Å². The Morgan fingerprint density at radius 1 is 0.964 bits per heavy atom. The van der Waals surface area contributed by atoms with Crippen molar-refractivity contribution in [3.05, 3.63) is 59.7 Å². The normalized spacial score (nSPS) is 10.7. The van der Waals surface area contributed by atoms with Crippen LogP contribution in [0.5, 0.6) is 5.75 Å². The maximum atomic E-state index is 12.2. The van der Waals surface area contributed by atoms with Gasteiger partial charge < -0.3 is 14.2 Å². The zero-order valence-corrected chi connectivity index (χ0v) is 16.3. The van der Waals surface area contributed by atoms with Crippen LogP contribution in [0.1, 0.15) is 41.5 Å². The fraction of sp³-hybridized carbons (Fsp3) is 0.286. The minimum Gasteiger partial charge on any atom is -0.497 e. The van der Waals surface area contributed by atoms with Crippen molar-refractivity contribution in [2.75, 3.05) is 19.0 Å². The topological polar surface area (TPSA) is 90.9 Å². The summed E-state index contributed by atoms with van der Waals surface area (Å²) in [6.45, 7) is 4.84. The first-order chi connectivity index (χ1) is 13.2. The molecule has 0 aliphatic carbocycles. The van der Waals surface area contributed by atoms with Crippen LogP contribution in [0.25, 0.3) is 0 Å². The second kappa shape index (κ2) is 9.03. The van der Waals surface area contributed by atoms with Crippen molar-refractivity contribution in [1.82, 2.24) is 0 Å². The molecule has 0 atom stereocenters. The molecule has 0 aromatic heterocycles. The molecule has 2 aromatic rings. The largest absolute Gasteiger partial charge is 0.497 e. The Morgan fingerprint density at radius 3 is 2.32 bits per heavy atom. The Labute approximate surface area is 163 Å². The van der Waals surface area contributed by atoms with Gasteiger partial charge in [-0.05, 0) is 51.1 Å². The average molecular weight is 385 g/mol. The molecule has 7 nitrogen and oxygen atoms in total. The van der Waals surface area contributed by atoms with Crippen LogP contribution in [-0.4, -0.2) is 37.2 Å². The lowest BCUT2D eigenvalue weighted by molar-refractivity contribution is 0.0474. The lowest BCUT2D eigenvalue weighted by Gasteiger charge is -2.19. The molecule has 0 fully saturated rings. The first kappa shape index (κ1) is 21.0. The SMILES string of the molecule is COc1cccc(C(=O)COC(=O)c2cccc(NC(=O)OC(C)(C)C)c2)c1. The van der Waals surface area contributed by atoms with E-state index in [2.05, 4.69) is 5.32 Å². The van der Waals surface area contributed by atoms with Gasteiger partial charge in [0.2, 0.25) is 0 Å². The Morgan fingerprint density at radius 2 is 1.64 bits per heavy atom. The standard InChI is InChI=1S/C21H23NO6/c1-21(2,3)28-20(25)22-16-9-5-8-15(11-16)19(24)27-13-18(23)14-7-6-10-17(12-14)26-4/h5-12H,13H2,1-4H3,(H,22,25). The van der Waals surface area contributed by atoms with Crippen LogP contribution in [0.2, 0.25) is 0 Å². The van der Waals surface area contributed by atoms with Gasteiger partial charge in [-0.2, -0.15) is 0 Å². The number of methoxy groups -OCH3 is 1. The highest BCUT2D eigenvalue weighted by Crippen LogP contribution is 2.16. The molecule has 0 spiro atoms. The second-order valence-electron chi connectivity index (χ2n) is 6.94. The van der Waals surface area contributed by atoms with Gasteiger partial charge in [0, 0.05) is 11.3 Å². The highest BCUT2D eigenvalue weighted by Gasteiger charge is 2.17. The fourth-order valence-electron chi connectivity index (χ4n) is 2.24. The second-order valence-corrected chi connectivity index (χ2v) is 6.94. The Balaban J connectivity index is 1.97. The van der Waals surface area contributed by atoms with E-state index >= 15 is 0 Å². The van der Waals surface area contributed by atoms with Crippen LogP contribution in [0.15, 0.2) is 48.5 Å². The van der Waals surface area contributed by atoms with Gasteiger partial charge in [-0.25, -0.2) is 9.59 Å². The number of hydrogen-bond donors (Lipinski definition) is 1. The number of rotatable bonds is 6. The van der Waals surface area contributed by atoms with E-state index in [1.807, 2.05) is 0 Å². The minimum absolute atomic E-state index is 0.201. The fourth-order valence-corrected chi connectivity index (χ4v) is 2.24. The predicted octanol–water partition coefficient (Wildman–Crippen LogP) is 4.08. The Hall–Kier alpha value is -3.35. The molecule has 0 aliphatic rings. The molecule has 148 valence electrons. The molecule has 2 rings (SSSR count). The highest BCUT2D eigenvalue weighted by atomic mass is 16.6. The number of esters is 1. The van der Waals surface area contributed by atoms with E-state index in [-0.39, 0.29) is 11.3 Å². The number of benzene rings is 2. The van der Waals surface area contributed by atoms with Crippen LogP contribution in [0.4, 0.5) is 10.5 Å². The van der Waals surface area contributed by atoms with E-state index < -0.39 is 24.3 Å². The number of carbonyl (C=O) groups excluding carboxylic acids is 3. The molecule has 7 heteroatoms. The first-order valence-electron chi connectivity index (χ1n) is 8.62. The third kappa shape index (κ3) is 6.42. The summed E-state index contributed by atoms with van der Waals surface area (Å²) in [7, 11) is 1.50. The molecular formula is C21H23NO6. The molecule has 0 radical (unpaired) electrons. The van der Waals surface area contributed by atoms with E-state index in [9.17, 15) is 14.4 Å². The van der Waals surface area contributed by atoms with Gasteiger partial charge in [0.15, 0.2) is 12.4 Å². The molecule has 0 saturated carbocycles.